The van der Waals surface area contributed by atoms with Gasteiger partial charge in [0.1, 0.15) is 11.6 Å². The van der Waals surface area contributed by atoms with Gasteiger partial charge in [-0.15, -0.1) is 0 Å². The molecule has 0 unspecified atom stereocenters. The summed E-state index contributed by atoms with van der Waals surface area (Å²) < 4.78 is 5.62. The molecule has 0 fully saturated rings. The lowest BCUT2D eigenvalue weighted by atomic mass is 9.97. The normalized spacial score (nSPS) is 10.5. The van der Waals surface area contributed by atoms with Crippen LogP contribution in [-0.4, -0.2) is 21.5 Å². The standard InChI is InChI=1S/C23H16N4O3/c1-2-30-23-18(14-24)21(15-8-4-3-5-9-15)17-12-13-19(25-22(17)26-23)16-10-6-7-11-20(16)27(28)29/h3-13H,2H2,1H3. The van der Waals surface area contributed by atoms with Crippen molar-refractivity contribution in [1.29, 1.82) is 5.26 Å². The first-order valence-electron chi connectivity index (χ1n) is 9.31. The number of nitriles is 1. The molecule has 0 bridgehead atoms. The summed E-state index contributed by atoms with van der Waals surface area (Å²) in [6.07, 6.45) is 0. The average molecular weight is 396 g/mol. The van der Waals surface area contributed by atoms with Crippen LogP contribution in [0.5, 0.6) is 5.88 Å². The predicted molar refractivity (Wildman–Crippen MR) is 113 cm³/mol. The molecule has 146 valence electrons. The highest BCUT2D eigenvalue weighted by Crippen LogP contribution is 2.37. The second-order valence-corrected chi connectivity index (χ2v) is 6.42. The molecule has 0 aliphatic heterocycles. The van der Waals surface area contributed by atoms with Crippen LogP contribution in [0.4, 0.5) is 5.69 Å². The van der Waals surface area contributed by atoms with Crippen LogP contribution in [0.3, 0.4) is 0 Å². The summed E-state index contributed by atoms with van der Waals surface area (Å²) in [6, 6.07) is 21.6. The van der Waals surface area contributed by atoms with Gasteiger partial charge in [-0.2, -0.15) is 10.2 Å². The fraction of sp³-hybridized carbons (Fsp3) is 0.0870. The first-order valence-corrected chi connectivity index (χ1v) is 9.31. The second-order valence-electron chi connectivity index (χ2n) is 6.42. The number of para-hydroxylation sites is 1. The maximum atomic E-state index is 11.4. The number of nitro benzene ring substituents is 1. The quantitative estimate of drug-likeness (QED) is 0.342. The van der Waals surface area contributed by atoms with E-state index in [0.717, 1.165) is 5.56 Å². The van der Waals surface area contributed by atoms with Crippen LogP contribution in [0.1, 0.15) is 12.5 Å². The Balaban J connectivity index is 2.03. The first-order chi connectivity index (χ1) is 14.6. The summed E-state index contributed by atoms with van der Waals surface area (Å²) in [6.45, 7) is 2.15. The van der Waals surface area contributed by atoms with Crippen molar-refractivity contribution in [3.63, 3.8) is 0 Å². The van der Waals surface area contributed by atoms with E-state index in [4.69, 9.17) is 4.74 Å². The van der Waals surface area contributed by atoms with Gasteiger partial charge in [-0.05, 0) is 30.7 Å². The zero-order chi connectivity index (χ0) is 21.1. The monoisotopic (exact) mass is 396 g/mol. The predicted octanol–water partition coefficient (Wildman–Crippen LogP) is 5.14. The molecule has 0 spiro atoms. The topological polar surface area (TPSA) is 102 Å². The van der Waals surface area contributed by atoms with Crippen molar-refractivity contribution in [3.05, 3.63) is 82.4 Å². The summed E-state index contributed by atoms with van der Waals surface area (Å²) in [7, 11) is 0. The van der Waals surface area contributed by atoms with Crippen molar-refractivity contribution >= 4 is 16.7 Å². The molecule has 0 saturated heterocycles. The van der Waals surface area contributed by atoms with Crippen molar-refractivity contribution in [2.24, 2.45) is 0 Å². The Kier molecular flexibility index (Phi) is 5.06. The van der Waals surface area contributed by atoms with E-state index in [1.807, 2.05) is 37.3 Å². The minimum absolute atomic E-state index is 0.0358. The highest BCUT2D eigenvalue weighted by Gasteiger charge is 2.21. The van der Waals surface area contributed by atoms with Gasteiger partial charge >= 0.3 is 0 Å². The largest absolute Gasteiger partial charge is 0.477 e. The zero-order valence-corrected chi connectivity index (χ0v) is 16.1. The van der Waals surface area contributed by atoms with E-state index in [1.165, 1.54) is 6.07 Å². The smallest absolute Gasteiger partial charge is 0.278 e. The van der Waals surface area contributed by atoms with E-state index in [-0.39, 0.29) is 11.6 Å². The van der Waals surface area contributed by atoms with E-state index >= 15 is 0 Å². The van der Waals surface area contributed by atoms with Crippen molar-refractivity contribution < 1.29 is 9.66 Å². The molecule has 2 aromatic heterocycles. The Bertz CT molecular complexity index is 1300. The molecular weight excluding hydrogens is 380 g/mol. The molecule has 7 heteroatoms. The van der Waals surface area contributed by atoms with Gasteiger partial charge < -0.3 is 4.74 Å². The Morgan fingerprint density at radius 2 is 1.77 bits per heavy atom. The van der Waals surface area contributed by atoms with Crippen LogP contribution in [0.2, 0.25) is 0 Å². The van der Waals surface area contributed by atoms with E-state index in [9.17, 15) is 15.4 Å². The van der Waals surface area contributed by atoms with E-state index in [0.29, 0.717) is 40.0 Å². The molecule has 0 atom stereocenters. The highest BCUT2D eigenvalue weighted by atomic mass is 16.6. The Labute approximate surface area is 172 Å². The van der Waals surface area contributed by atoms with Gasteiger partial charge in [0.15, 0.2) is 5.65 Å². The second kappa shape index (κ2) is 7.97. The number of ether oxygens (including phenoxy) is 1. The molecule has 4 rings (SSSR count). The number of fused-ring (bicyclic) bond motifs is 1. The fourth-order valence-electron chi connectivity index (χ4n) is 3.37. The minimum Gasteiger partial charge on any atom is -0.477 e. The molecule has 0 aliphatic carbocycles. The van der Waals surface area contributed by atoms with E-state index in [2.05, 4.69) is 16.0 Å². The van der Waals surface area contributed by atoms with Crippen molar-refractivity contribution in [2.75, 3.05) is 6.61 Å². The molecule has 7 nitrogen and oxygen atoms in total. The molecule has 4 aromatic rings. The lowest BCUT2D eigenvalue weighted by Gasteiger charge is -2.13. The van der Waals surface area contributed by atoms with Crippen LogP contribution in [0.25, 0.3) is 33.4 Å². The molecule has 30 heavy (non-hydrogen) atoms. The summed E-state index contributed by atoms with van der Waals surface area (Å²) in [5.41, 5.74) is 2.98. The van der Waals surface area contributed by atoms with E-state index < -0.39 is 4.92 Å². The number of rotatable bonds is 5. The van der Waals surface area contributed by atoms with Crippen LogP contribution >= 0.6 is 0 Å². The van der Waals surface area contributed by atoms with Crippen molar-refractivity contribution in [3.8, 4) is 34.3 Å². The van der Waals surface area contributed by atoms with E-state index in [1.54, 1.807) is 30.3 Å². The average Bonchev–Trinajstić information content (AvgIpc) is 2.78. The number of aromatic nitrogens is 2. The summed E-state index contributed by atoms with van der Waals surface area (Å²) >= 11 is 0. The number of hydrogen-bond acceptors (Lipinski definition) is 6. The van der Waals surface area contributed by atoms with Crippen LogP contribution in [0.15, 0.2) is 66.7 Å². The molecule has 2 heterocycles. The van der Waals surface area contributed by atoms with Gasteiger partial charge in [0.25, 0.3) is 5.69 Å². The summed E-state index contributed by atoms with van der Waals surface area (Å²) in [5, 5.41) is 21.9. The molecular formula is C23H16N4O3. The third-order valence-electron chi connectivity index (χ3n) is 4.65. The Hall–Kier alpha value is -4.31. The Morgan fingerprint density at radius 1 is 1.03 bits per heavy atom. The maximum absolute atomic E-state index is 11.4. The molecule has 0 saturated carbocycles. The van der Waals surface area contributed by atoms with Crippen LogP contribution in [0, 0.1) is 21.4 Å². The summed E-state index contributed by atoms with van der Waals surface area (Å²) in [5.74, 6) is 0.193. The molecule has 0 N–H and O–H groups in total. The number of nitrogens with zero attached hydrogens (tertiary/aromatic N) is 4. The number of hydrogen-bond donors (Lipinski definition) is 0. The third kappa shape index (κ3) is 3.31. The van der Waals surface area contributed by atoms with Gasteiger partial charge in [-0.25, -0.2) is 4.98 Å². The Morgan fingerprint density at radius 3 is 2.47 bits per heavy atom. The lowest BCUT2D eigenvalue weighted by Crippen LogP contribution is -2.02. The number of benzene rings is 2. The van der Waals surface area contributed by atoms with Crippen molar-refractivity contribution in [1.82, 2.24) is 9.97 Å². The minimum atomic E-state index is -0.436. The maximum Gasteiger partial charge on any atom is 0.278 e. The fourth-order valence-corrected chi connectivity index (χ4v) is 3.37. The highest BCUT2D eigenvalue weighted by molar-refractivity contribution is 5.98. The first kappa shape index (κ1) is 19.0. The van der Waals surface area contributed by atoms with Gasteiger partial charge in [-0.1, -0.05) is 42.5 Å². The SMILES string of the molecule is CCOc1nc2nc(-c3ccccc3[N+](=O)[O-])ccc2c(-c2ccccc2)c1C#N. The number of nitro groups is 1. The van der Waals surface area contributed by atoms with Gasteiger partial charge in [0.05, 0.1) is 22.8 Å². The molecule has 0 aliphatic rings. The van der Waals surface area contributed by atoms with Crippen LogP contribution < -0.4 is 4.74 Å². The van der Waals surface area contributed by atoms with Gasteiger partial charge in [0.2, 0.25) is 5.88 Å². The summed E-state index contributed by atoms with van der Waals surface area (Å²) in [4.78, 5) is 20.0. The molecule has 0 amide bonds. The third-order valence-corrected chi connectivity index (χ3v) is 4.65. The number of pyridine rings is 2. The van der Waals surface area contributed by atoms with Crippen LogP contribution in [-0.2, 0) is 0 Å². The van der Waals surface area contributed by atoms with Crippen molar-refractivity contribution in [2.45, 2.75) is 6.92 Å². The lowest BCUT2D eigenvalue weighted by molar-refractivity contribution is -0.384. The zero-order valence-electron chi connectivity index (χ0n) is 16.1. The molecule has 2 aromatic carbocycles. The van der Waals surface area contributed by atoms with Gasteiger partial charge in [-0.3, -0.25) is 10.1 Å². The van der Waals surface area contributed by atoms with Gasteiger partial charge in [0, 0.05) is 17.0 Å². The molecule has 0 radical (unpaired) electrons.